The van der Waals surface area contributed by atoms with Crippen LogP contribution in [-0.2, 0) is 0 Å². The van der Waals surface area contributed by atoms with Gasteiger partial charge in [-0.3, -0.25) is 4.79 Å². The lowest BCUT2D eigenvalue weighted by atomic mass is 10.2. The molecule has 0 bridgehead atoms. The zero-order valence-electron chi connectivity index (χ0n) is 12.3. The number of benzene rings is 1. The van der Waals surface area contributed by atoms with E-state index in [4.69, 9.17) is 20.8 Å². The predicted octanol–water partition coefficient (Wildman–Crippen LogP) is 4.55. The lowest BCUT2D eigenvalue weighted by Crippen LogP contribution is -2.44. The smallest absolute Gasteiger partial charge is 0.250 e. The van der Waals surface area contributed by atoms with Crippen molar-refractivity contribution in [1.29, 1.82) is 0 Å². The number of methoxy groups -OCH3 is 1. The maximum Gasteiger partial charge on any atom is 0.250 e. The van der Waals surface area contributed by atoms with Crippen LogP contribution >= 0.6 is 11.6 Å². The molecule has 0 unspecified atom stereocenters. The number of halogens is 1. The third-order valence-electron chi connectivity index (χ3n) is 3.56. The molecule has 0 aliphatic carbocycles. The van der Waals surface area contributed by atoms with Crippen LogP contribution in [0.5, 0.6) is 11.5 Å². The average molecular weight is 301 g/mol. The van der Waals surface area contributed by atoms with Crippen molar-refractivity contribution in [1.82, 2.24) is 0 Å². The summed E-state index contributed by atoms with van der Waals surface area (Å²) in [5.74, 6) is 0.993. The number of ether oxygens (including phenoxy) is 1. The first kappa shape index (κ1) is 16.1. The van der Waals surface area contributed by atoms with Crippen molar-refractivity contribution in [2.45, 2.75) is 38.9 Å². The van der Waals surface area contributed by atoms with E-state index in [1.807, 2.05) is 0 Å². The molecule has 0 saturated carbocycles. The summed E-state index contributed by atoms with van der Waals surface area (Å²) in [6, 6.07) is 3.26. The molecule has 0 aliphatic heterocycles. The second-order valence-electron chi connectivity index (χ2n) is 6.01. The van der Waals surface area contributed by atoms with Crippen LogP contribution in [0.3, 0.4) is 0 Å². The Balaban J connectivity index is 3.31. The highest BCUT2D eigenvalue weighted by Gasteiger charge is 2.40. The van der Waals surface area contributed by atoms with Gasteiger partial charge in [0.1, 0.15) is 0 Å². The van der Waals surface area contributed by atoms with Gasteiger partial charge >= 0.3 is 0 Å². The van der Waals surface area contributed by atoms with Crippen molar-refractivity contribution in [3.63, 3.8) is 0 Å². The standard InChI is InChI=1S/C14H21ClO3Si/c1-14(2,3)19(5,6)18-13-10(9-16)7-11(15)8-12(13)17-4/h7-9H,1-6H3. The van der Waals surface area contributed by atoms with E-state index < -0.39 is 8.32 Å². The Hall–Kier alpha value is -1.00. The van der Waals surface area contributed by atoms with Gasteiger partial charge in [-0.15, -0.1) is 0 Å². The van der Waals surface area contributed by atoms with Gasteiger partial charge in [0.2, 0.25) is 0 Å². The Morgan fingerprint density at radius 1 is 1.26 bits per heavy atom. The van der Waals surface area contributed by atoms with Crippen molar-refractivity contribution in [3.8, 4) is 11.5 Å². The summed E-state index contributed by atoms with van der Waals surface area (Å²) in [5, 5.41) is 0.499. The molecule has 0 aliphatic rings. The minimum Gasteiger partial charge on any atom is -0.541 e. The number of aldehydes is 1. The van der Waals surface area contributed by atoms with Crippen LogP contribution in [0.2, 0.25) is 23.2 Å². The first-order valence-electron chi connectivity index (χ1n) is 6.14. The van der Waals surface area contributed by atoms with Gasteiger partial charge in [0.25, 0.3) is 8.32 Å². The number of carbonyl (C=O) groups excluding carboxylic acids is 1. The van der Waals surface area contributed by atoms with E-state index in [1.165, 1.54) is 0 Å². The molecule has 0 aromatic heterocycles. The predicted molar refractivity (Wildman–Crippen MR) is 81.2 cm³/mol. The molecule has 0 atom stereocenters. The second kappa shape index (κ2) is 5.55. The topological polar surface area (TPSA) is 35.5 Å². The van der Waals surface area contributed by atoms with Gasteiger partial charge in [-0.25, -0.2) is 0 Å². The molecule has 1 aromatic carbocycles. The molecule has 0 N–H and O–H groups in total. The molecule has 5 heteroatoms. The van der Waals surface area contributed by atoms with Crippen molar-refractivity contribution >= 4 is 26.2 Å². The summed E-state index contributed by atoms with van der Waals surface area (Å²) in [7, 11) is -0.500. The van der Waals surface area contributed by atoms with Gasteiger partial charge in [0.05, 0.1) is 12.7 Å². The molecule has 1 rings (SSSR count). The molecule has 106 valence electrons. The molecule has 0 heterocycles. The fourth-order valence-electron chi connectivity index (χ4n) is 1.35. The number of rotatable bonds is 4. The Bertz CT molecular complexity index is 478. The van der Waals surface area contributed by atoms with Crippen LogP contribution in [-0.4, -0.2) is 21.7 Å². The molecule has 0 spiro atoms. The van der Waals surface area contributed by atoms with Crippen LogP contribution in [0.25, 0.3) is 0 Å². The Morgan fingerprint density at radius 3 is 2.26 bits per heavy atom. The van der Waals surface area contributed by atoms with Crippen LogP contribution in [0.4, 0.5) is 0 Å². The van der Waals surface area contributed by atoms with Gasteiger partial charge in [-0.05, 0) is 24.2 Å². The van der Waals surface area contributed by atoms with E-state index in [9.17, 15) is 4.79 Å². The third kappa shape index (κ3) is 3.51. The molecule has 19 heavy (non-hydrogen) atoms. The van der Waals surface area contributed by atoms with Gasteiger partial charge in [0.15, 0.2) is 17.8 Å². The summed E-state index contributed by atoms with van der Waals surface area (Å²) in [5.41, 5.74) is 0.425. The fourth-order valence-corrected chi connectivity index (χ4v) is 2.60. The van der Waals surface area contributed by atoms with Gasteiger partial charge in [0, 0.05) is 11.1 Å². The summed E-state index contributed by atoms with van der Waals surface area (Å²) in [4.78, 5) is 11.2. The maximum atomic E-state index is 11.2. The average Bonchev–Trinajstić information content (AvgIpc) is 2.28. The first-order valence-corrected chi connectivity index (χ1v) is 9.42. The zero-order chi connectivity index (χ0) is 14.8. The van der Waals surface area contributed by atoms with E-state index in [1.54, 1.807) is 19.2 Å². The second-order valence-corrected chi connectivity index (χ2v) is 11.2. The monoisotopic (exact) mass is 300 g/mol. The first-order chi connectivity index (χ1) is 8.62. The molecule has 0 radical (unpaired) electrons. The number of hydrogen-bond acceptors (Lipinski definition) is 3. The fraction of sp³-hybridized carbons (Fsp3) is 0.500. The quantitative estimate of drug-likeness (QED) is 0.604. The summed E-state index contributed by atoms with van der Waals surface area (Å²) < 4.78 is 11.5. The van der Waals surface area contributed by atoms with E-state index in [2.05, 4.69) is 33.9 Å². The Labute approximate surface area is 121 Å². The molecular formula is C14H21ClO3Si. The number of carbonyl (C=O) groups is 1. The lowest BCUT2D eigenvalue weighted by Gasteiger charge is -2.37. The van der Waals surface area contributed by atoms with Crippen LogP contribution < -0.4 is 9.16 Å². The lowest BCUT2D eigenvalue weighted by molar-refractivity contribution is 0.112. The minimum absolute atomic E-state index is 0.0395. The van der Waals surface area contributed by atoms with Crippen LogP contribution in [0.15, 0.2) is 12.1 Å². The van der Waals surface area contributed by atoms with E-state index in [-0.39, 0.29) is 5.04 Å². The molecule has 1 aromatic rings. The van der Waals surface area contributed by atoms with Crippen molar-refractivity contribution in [2.75, 3.05) is 7.11 Å². The summed E-state index contributed by atoms with van der Waals surface area (Å²) >= 11 is 5.96. The van der Waals surface area contributed by atoms with E-state index >= 15 is 0 Å². The van der Waals surface area contributed by atoms with Crippen LogP contribution in [0, 0.1) is 0 Å². The Morgan fingerprint density at radius 2 is 1.84 bits per heavy atom. The highest BCUT2D eigenvalue weighted by atomic mass is 35.5. The van der Waals surface area contributed by atoms with Crippen molar-refractivity contribution in [3.05, 3.63) is 22.7 Å². The molecule has 0 fully saturated rings. The molecule has 0 saturated heterocycles. The summed E-state index contributed by atoms with van der Waals surface area (Å²) in [6.07, 6.45) is 0.747. The van der Waals surface area contributed by atoms with Gasteiger partial charge in [-0.2, -0.15) is 0 Å². The number of hydrogen-bond donors (Lipinski definition) is 0. The molecular weight excluding hydrogens is 280 g/mol. The normalized spacial score (nSPS) is 12.2. The van der Waals surface area contributed by atoms with Crippen molar-refractivity contribution in [2.24, 2.45) is 0 Å². The van der Waals surface area contributed by atoms with Gasteiger partial charge < -0.3 is 9.16 Å². The van der Waals surface area contributed by atoms with Crippen molar-refractivity contribution < 1.29 is 14.0 Å². The summed E-state index contributed by atoms with van der Waals surface area (Å²) in [6.45, 7) is 10.7. The highest BCUT2D eigenvalue weighted by Crippen LogP contribution is 2.42. The van der Waals surface area contributed by atoms with Gasteiger partial charge in [-0.1, -0.05) is 32.4 Å². The minimum atomic E-state index is -2.04. The van der Waals surface area contributed by atoms with E-state index in [0.29, 0.717) is 22.1 Å². The SMILES string of the molecule is COc1cc(Cl)cc(C=O)c1O[Si](C)(C)C(C)(C)C. The largest absolute Gasteiger partial charge is 0.541 e. The third-order valence-corrected chi connectivity index (χ3v) is 8.10. The highest BCUT2D eigenvalue weighted by molar-refractivity contribution is 6.74. The van der Waals surface area contributed by atoms with Crippen LogP contribution in [0.1, 0.15) is 31.1 Å². The zero-order valence-corrected chi connectivity index (χ0v) is 14.1. The molecule has 3 nitrogen and oxygen atoms in total. The van der Waals surface area contributed by atoms with E-state index in [0.717, 1.165) is 6.29 Å². The maximum absolute atomic E-state index is 11.2. The molecule has 0 amide bonds. The Kier molecular flexibility index (Phi) is 4.69.